The smallest absolute Gasteiger partial charge is 0.0736 e. The Hall–Kier alpha value is -0.450. The van der Waals surface area contributed by atoms with Gasteiger partial charge < -0.3 is 10.8 Å². The van der Waals surface area contributed by atoms with Gasteiger partial charge >= 0.3 is 0 Å². The molecule has 0 amide bonds. The third kappa shape index (κ3) is 1.99. The summed E-state index contributed by atoms with van der Waals surface area (Å²) in [5.41, 5.74) is 6.24. The van der Waals surface area contributed by atoms with Gasteiger partial charge in [0.25, 0.3) is 0 Å². The molecule has 0 aliphatic carbocycles. The van der Waals surface area contributed by atoms with Gasteiger partial charge in [0.1, 0.15) is 0 Å². The van der Waals surface area contributed by atoms with E-state index in [1.54, 1.807) is 12.3 Å². The van der Waals surface area contributed by atoms with Crippen LogP contribution in [0.25, 0.3) is 0 Å². The molecule has 11 heavy (non-hydrogen) atoms. The van der Waals surface area contributed by atoms with E-state index in [-0.39, 0.29) is 6.61 Å². The lowest BCUT2D eigenvalue weighted by molar-refractivity contribution is 0.265. The standard InChI is InChI=1S/C7H9BrN2O/c8-5-2-1-3-10-7(5)6(9)4-11/h1-3,6,11H,4,9H2/t6-/m1/s1. The zero-order chi connectivity index (χ0) is 8.27. The Morgan fingerprint density at radius 1 is 1.73 bits per heavy atom. The monoisotopic (exact) mass is 216 g/mol. The van der Waals surface area contributed by atoms with Crippen LogP contribution < -0.4 is 5.73 Å². The van der Waals surface area contributed by atoms with E-state index in [1.807, 2.05) is 6.07 Å². The van der Waals surface area contributed by atoms with Gasteiger partial charge in [-0.25, -0.2) is 0 Å². The Morgan fingerprint density at radius 3 is 3.00 bits per heavy atom. The highest BCUT2D eigenvalue weighted by Crippen LogP contribution is 2.18. The van der Waals surface area contributed by atoms with Crippen LogP contribution in [0.2, 0.25) is 0 Å². The molecule has 3 N–H and O–H groups in total. The summed E-state index contributed by atoms with van der Waals surface area (Å²) >= 11 is 3.28. The predicted molar refractivity (Wildman–Crippen MR) is 46.0 cm³/mol. The lowest BCUT2D eigenvalue weighted by Crippen LogP contribution is -2.16. The van der Waals surface area contributed by atoms with Crippen molar-refractivity contribution in [3.8, 4) is 0 Å². The van der Waals surface area contributed by atoms with Crippen LogP contribution in [-0.4, -0.2) is 16.7 Å². The summed E-state index contributed by atoms with van der Waals surface area (Å²) in [6, 6.07) is 3.25. The molecule has 60 valence electrons. The van der Waals surface area contributed by atoms with E-state index in [4.69, 9.17) is 10.8 Å². The van der Waals surface area contributed by atoms with Gasteiger partial charge in [0.05, 0.1) is 18.3 Å². The van der Waals surface area contributed by atoms with Crippen LogP contribution in [0.15, 0.2) is 22.8 Å². The lowest BCUT2D eigenvalue weighted by atomic mass is 10.2. The van der Waals surface area contributed by atoms with Crippen molar-refractivity contribution < 1.29 is 5.11 Å². The molecular formula is C7H9BrN2O. The molecule has 0 fully saturated rings. The number of halogens is 1. The molecule has 0 unspecified atom stereocenters. The summed E-state index contributed by atoms with van der Waals surface area (Å²) in [7, 11) is 0. The number of hydrogen-bond donors (Lipinski definition) is 2. The van der Waals surface area contributed by atoms with Gasteiger partial charge in [0.2, 0.25) is 0 Å². The van der Waals surface area contributed by atoms with Crippen molar-refractivity contribution in [2.24, 2.45) is 5.73 Å². The molecular weight excluding hydrogens is 208 g/mol. The van der Waals surface area contributed by atoms with Gasteiger partial charge in [-0.05, 0) is 28.1 Å². The number of aliphatic hydroxyl groups excluding tert-OH is 1. The third-order valence-electron chi connectivity index (χ3n) is 1.33. The van der Waals surface area contributed by atoms with E-state index in [0.29, 0.717) is 5.69 Å². The van der Waals surface area contributed by atoms with Gasteiger partial charge in [-0.15, -0.1) is 0 Å². The summed E-state index contributed by atoms with van der Waals surface area (Å²) in [6.45, 7) is -0.0877. The average Bonchev–Trinajstić information content (AvgIpc) is 2.04. The number of nitrogens with zero attached hydrogens (tertiary/aromatic N) is 1. The normalized spacial score (nSPS) is 13.0. The molecule has 0 spiro atoms. The minimum atomic E-state index is -0.398. The average molecular weight is 217 g/mol. The Balaban J connectivity index is 2.93. The topological polar surface area (TPSA) is 59.1 Å². The maximum Gasteiger partial charge on any atom is 0.0736 e. The first-order valence-electron chi connectivity index (χ1n) is 3.22. The highest BCUT2D eigenvalue weighted by Gasteiger charge is 2.08. The molecule has 1 aromatic rings. The Labute approximate surface area is 73.4 Å². The van der Waals surface area contributed by atoms with Crippen molar-refractivity contribution in [1.82, 2.24) is 4.98 Å². The molecule has 4 heteroatoms. The van der Waals surface area contributed by atoms with Crippen molar-refractivity contribution >= 4 is 15.9 Å². The molecule has 1 rings (SSSR count). The van der Waals surface area contributed by atoms with Crippen LogP contribution in [0.5, 0.6) is 0 Å². The maximum absolute atomic E-state index is 8.73. The van der Waals surface area contributed by atoms with Crippen molar-refractivity contribution in [1.29, 1.82) is 0 Å². The number of pyridine rings is 1. The van der Waals surface area contributed by atoms with Crippen molar-refractivity contribution in [3.05, 3.63) is 28.5 Å². The van der Waals surface area contributed by atoms with Gasteiger partial charge in [-0.2, -0.15) is 0 Å². The number of nitrogens with two attached hydrogens (primary N) is 1. The van der Waals surface area contributed by atoms with Crippen LogP contribution in [0, 0.1) is 0 Å². The van der Waals surface area contributed by atoms with Gasteiger partial charge in [-0.1, -0.05) is 0 Å². The summed E-state index contributed by atoms with van der Waals surface area (Å²) in [4.78, 5) is 4.02. The molecule has 0 aliphatic rings. The number of rotatable bonds is 2. The number of hydrogen-bond acceptors (Lipinski definition) is 3. The fourth-order valence-electron chi connectivity index (χ4n) is 0.757. The Morgan fingerprint density at radius 2 is 2.45 bits per heavy atom. The molecule has 1 aromatic heterocycles. The first-order valence-corrected chi connectivity index (χ1v) is 4.02. The predicted octanol–water partition coefficient (Wildman–Crippen LogP) is 0.836. The first kappa shape index (κ1) is 8.64. The minimum Gasteiger partial charge on any atom is -0.394 e. The quantitative estimate of drug-likeness (QED) is 0.771. The maximum atomic E-state index is 8.73. The minimum absolute atomic E-state index is 0.0877. The van der Waals surface area contributed by atoms with Crippen molar-refractivity contribution in [3.63, 3.8) is 0 Å². The molecule has 0 saturated heterocycles. The zero-order valence-corrected chi connectivity index (χ0v) is 7.45. The first-order chi connectivity index (χ1) is 5.25. The second-order valence-corrected chi connectivity index (χ2v) is 3.01. The van der Waals surface area contributed by atoms with E-state index < -0.39 is 6.04 Å². The van der Waals surface area contributed by atoms with Gasteiger partial charge in [0, 0.05) is 10.7 Å². The lowest BCUT2D eigenvalue weighted by Gasteiger charge is -2.07. The van der Waals surface area contributed by atoms with Gasteiger partial charge in [0.15, 0.2) is 0 Å². The summed E-state index contributed by atoms with van der Waals surface area (Å²) in [6.07, 6.45) is 1.65. The number of aliphatic hydroxyl groups is 1. The van der Waals surface area contributed by atoms with Crippen molar-refractivity contribution in [2.75, 3.05) is 6.61 Å². The van der Waals surface area contributed by atoms with E-state index in [1.165, 1.54) is 0 Å². The molecule has 3 nitrogen and oxygen atoms in total. The SMILES string of the molecule is N[C@H](CO)c1ncccc1Br. The van der Waals surface area contributed by atoms with E-state index in [0.717, 1.165) is 4.47 Å². The van der Waals surface area contributed by atoms with E-state index in [2.05, 4.69) is 20.9 Å². The summed E-state index contributed by atoms with van der Waals surface area (Å²) in [5, 5.41) is 8.73. The number of aromatic nitrogens is 1. The van der Waals surface area contributed by atoms with E-state index >= 15 is 0 Å². The molecule has 0 aromatic carbocycles. The van der Waals surface area contributed by atoms with E-state index in [9.17, 15) is 0 Å². The van der Waals surface area contributed by atoms with Crippen LogP contribution in [0.4, 0.5) is 0 Å². The zero-order valence-electron chi connectivity index (χ0n) is 5.87. The fourth-order valence-corrected chi connectivity index (χ4v) is 1.31. The molecule has 1 heterocycles. The molecule has 0 saturated carbocycles. The Kier molecular flexibility index (Phi) is 2.99. The summed E-state index contributed by atoms with van der Waals surface area (Å²) < 4.78 is 0.835. The second kappa shape index (κ2) is 3.80. The van der Waals surface area contributed by atoms with Gasteiger partial charge in [-0.3, -0.25) is 4.98 Å². The third-order valence-corrected chi connectivity index (χ3v) is 2.01. The van der Waals surface area contributed by atoms with Crippen LogP contribution in [-0.2, 0) is 0 Å². The largest absolute Gasteiger partial charge is 0.394 e. The highest BCUT2D eigenvalue weighted by atomic mass is 79.9. The molecule has 0 aliphatic heterocycles. The molecule has 1 atom stereocenters. The van der Waals surface area contributed by atoms with Crippen LogP contribution >= 0.6 is 15.9 Å². The Bertz CT molecular complexity index is 242. The highest BCUT2D eigenvalue weighted by molar-refractivity contribution is 9.10. The molecule has 0 bridgehead atoms. The molecule has 0 radical (unpaired) electrons. The van der Waals surface area contributed by atoms with Crippen LogP contribution in [0.1, 0.15) is 11.7 Å². The fraction of sp³-hybridized carbons (Fsp3) is 0.286. The second-order valence-electron chi connectivity index (χ2n) is 2.16. The van der Waals surface area contributed by atoms with Crippen molar-refractivity contribution in [2.45, 2.75) is 6.04 Å². The summed E-state index contributed by atoms with van der Waals surface area (Å²) in [5.74, 6) is 0. The van der Waals surface area contributed by atoms with Crippen LogP contribution in [0.3, 0.4) is 0 Å².